The van der Waals surface area contributed by atoms with Gasteiger partial charge in [-0.25, -0.2) is 9.98 Å². The van der Waals surface area contributed by atoms with Crippen LogP contribution in [0.4, 0.5) is 5.69 Å². The van der Waals surface area contributed by atoms with Crippen molar-refractivity contribution in [1.29, 1.82) is 0 Å². The minimum Gasteiger partial charge on any atom is -0.383 e. The van der Waals surface area contributed by atoms with Crippen LogP contribution >= 0.6 is 11.3 Å². The molecule has 0 amide bonds. The highest BCUT2D eigenvalue weighted by Gasteiger charge is 2.16. The molecule has 0 saturated carbocycles. The Kier molecular flexibility index (Phi) is 8.69. The largest absolute Gasteiger partial charge is 0.383 e. The molecule has 4 nitrogen and oxygen atoms in total. The number of amidine groups is 1. The van der Waals surface area contributed by atoms with Crippen LogP contribution in [0.25, 0.3) is 11.3 Å². The van der Waals surface area contributed by atoms with E-state index in [-0.39, 0.29) is 0 Å². The van der Waals surface area contributed by atoms with E-state index in [1.54, 1.807) is 11.3 Å². The van der Waals surface area contributed by atoms with Crippen LogP contribution in [0.3, 0.4) is 0 Å². The highest BCUT2D eigenvalue weighted by Crippen LogP contribution is 2.29. The summed E-state index contributed by atoms with van der Waals surface area (Å²) in [7, 11) is 0. The SMILES string of the molecule is CCCCCC(CCCCC)c1nc(-c2cccc(/N=C(\N)c3cccs3)c2)c[nH]1. The molecule has 0 bridgehead atoms. The normalized spacial score (nSPS) is 12.0. The van der Waals surface area contributed by atoms with Gasteiger partial charge in [-0.1, -0.05) is 70.6 Å². The lowest BCUT2D eigenvalue weighted by atomic mass is 9.94. The number of imidazole rings is 1. The summed E-state index contributed by atoms with van der Waals surface area (Å²) >= 11 is 1.60. The van der Waals surface area contributed by atoms with Crippen molar-refractivity contribution < 1.29 is 0 Å². The van der Waals surface area contributed by atoms with E-state index in [9.17, 15) is 0 Å². The molecule has 5 heteroatoms. The Labute approximate surface area is 184 Å². The van der Waals surface area contributed by atoms with Crippen molar-refractivity contribution in [2.45, 2.75) is 71.1 Å². The Morgan fingerprint density at radius 1 is 1.07 bits per heavy atom. The Morgan fingerprint density at radius 2 is 1.83 bits per heavy atom. The van der Waals surface area contributed by atoms with Gasteiger partial charge in [0.25, 0.3) is 0 Å². The van der Waals surface area contributed by atoms with Crippen molar-refractivity contribution in [2.24, 2.45) is 10.7 Å². The van der Waals surface area contributed by atoms with Crippen LogP contribution in [-0.4, -0.2) is 15.8 Å². The third-order valence-corrected chi connectivity index (χ3v) is 6.35. The molecule has 0 spiro atoms. The molecule has 2 aromatic heterocycles. The average molecular weight is 423 g/mol. The smallest absolute Gasteiger partial charge is 0.141 e. The number of hydrogen-bond donors (Lipinski definition) is 2. The standard InChI is InChI=1S/C25H34N4S/c1-3-5-7-11-19(12-8-6-4-2)25-27-18-22(29-25)20-13-9-14-21(17-20)28-24(26)23-15-10-16-30-23/h9-10,13-19H,3-8,11-12H2,1-2H3,(H2,26,28)(H,27,29). The van der Waals surface area contributed by atoms with Crippen LogP contribution in [0.1, 0.15) is 81.8 Å². The minimum atomic E-state index is 0.521. The van der Waals surface area contributed by atoms with Gasteiger partial charge in [-0.15, -0.1) is 11.3 Å². The summed E-state index contributed by atoms with van der Waals surface area (Å²) in [5, 5.41) is 2.01. The van der Waals surface area contributed by atoms with Crippen molar-refractivity contribution in [1.82, 2.24) is 9.97 Å². The molecule has 30 heavy (non-hydrogen) atoms. The molecule has 3 rings (SSSR count). The lowest BCUT2D eigenvalue weighted by molar-refractivity contribution is 0.491. The molecular weight excluding hydrogens is 388 g/mol. The van der Waals surface area contributed by atoms with E-state index in [4.69, 9.17) is 10.7 Å². The summed E-state index contributed by atoms with van der Waals surface area (Å²) in [6.45, 7) is 4.52. The number of hydrogen-bond acceptors (Lipinski definition) is 3. The zero-order valence-corrected chi connectivity index (χ0v) is 19.0. The highest BCUT2D eigenvalue weighted by atomic mass is 32.1. The third kappa shape index (κ3) is 6.30. The second-order valence-corrected chi connectivity index (χ2v) is 8.83. The van der Waals surface area contributed by atoms with Gasteiger partial charge in [-0.2, -0.15) is 0 Å². The second kappa shape index (κ2) is 11.7. The van der Waals surface area contributed by atoms with Gasteiger partial charge in [-0.05, 0) is 36.4 Å². The number of rotatable bonds is 12. The Bertz CT molecular complexity index is 901. The first kappa shape index (κ1) is 22.3. The van der Waals surface area contributed by atoms with E-state index in [0.717, 1.165) is 27.6 Å². The quantitative estimate of drug-likeness (QED) is 0.181. The summed E-state index contributed by atoms with van der Waals surface area (Å²) in [5.74, 6) is 2.20. The fraction of sp³-hybridized carbons (Fsp3) is 0.440. The Balaban J connectivity index is 1.75. The zero-order valence-electron chi connectivity index (χ0n) is 18.2. The number of H-pyrrole nitrogens is 1. The minimum absolute atomic E-state index is 0.521. The number of aromatic amines is 1. The predicted molar refractivity (Wildman–Crippen MR) is 130 cm³/mol. The van der Waals surface area contributed by atoms with Crippen molar-refractivity contribution in [3.05, 3.63) is 58.7 Å². The molecule has 3 N–H and O–H groups in total. The molecule has 0 aliphatic rings. The number of aliphatic imine (C=N–C) groups is 1. The number of benzene rings is 1. The summed E-state index contributed by atoms with van der Waals surface area (Å²) < 4.78 is 0. The van der Waals surface area contributed by atoms with Gasteiger partial charge >= 0.3 is 0 Å². The van der Waals surface area contributed by atoms with E-state index < -0.39 is 0 Å². The van der Waals surface area contributed by atoms with Crippen molar-refractivity contribution >= 4 is 22.9 Å². The maximum Gasteiger partial charge on any atom is 0.141 e. The second-order valence-electron chi connectivity index (χ2n) is 7.88. The van der Waals surface area contributed by atoms with E-state index in [0.29, 0.717) is 11.8 Å². The Hall–Kier alpha value is -2.40. The van der Waals surface area contributed by atoms with Crippen molar-refractivity contribution in [3.8, 4) is 11.3 Å². The topological polar surface area (TPSA) is 67.1 Å². The highest BCUT2D eigenvalue weighted by molar-refractivity contribution is 7.12. The van der Waals surface area contributed by atoms with Crippen LogP contribution in [0, 0.1) is 0 Å². The van der Waals surface area contributed by atoms with Crippen LogP contribution < -0.4 is 5.73 Å². The molecule has 2 heterocycles. The first-order valence-electron chi connectivity index (χ1n) is 11.2. The first-order chi connectivity index (χ1) is 14.7. The molecule has 1 aromatic carbocycles. The molecule has 160 valence electrons. The first-order valence-corrected chi connectivity index (χ1v) is 12.1. The summed E-state index contributed by atoms with van der Waals surface area (Å²) in [5.41, 5.74) is 9.06. The predicted octanol–water partition coefficient (Wildman–Crippen LogP) is 7.42. The summed E-state index contributed by atoms with van der Waals surface area (Å²) in [4.78, 5) is 14.0. The molecule has 0 atom stereocenters. The molecule has 0 radical (unpaired) electrons. The summed E-state index contributed by atoms with van der Waals surface area (Å²) in [6.07, 6.45) is 12.1. The maximum absolute atomic E-state index is 6.16. The number of nitrogens with two attached hydrogens (primary N) is 1. The Morgan fingerprint density at radius 3 is 2.50 bits per heavy atom. The van der Waals surface area contributed by atoms with Gasteiger partial charge in [0.05, 0.1) is 16.3 Å². The van der Waals surface area contributed by atoms with Gasteiger partial charge in [0, 0.05) is 17.7 Å². The fourth-order valence-electron chi connectivity index (χ4n) is 3.75. The number of nitrogens with one attached hydrogen (secondary N) is 1. The van der Waals surface area contributed by atoms with Crippen LogP contribution in [0.15, 0.2) is 53.0 Å². The average Bonchev–Trinajstić information content (AvgIpc) is 3.45. The number of unbranched alkanes of at least 4 members (excludes halogenated alkanes) is 4. The molecule has 0 aliphatic heterocycles. The van der Waals surface area contributed by atoms with E-state index in [1.807, 2.05) is 35.8 Å². The van der Waals surface area contributed by atoms with Crippen molar-refractivity contribution in [3.63, 3.8) is 0 Å². The van der Waals surface area contributed by atoms with Crippen LogP contribution in [0.5, 0.6) is 0 Å². The summed E-state index contributed by atoms with van der Waals surface area (Å²) in [6, 6.07) is 12.1. The maximum atomic E-state index is 6.16. The van der Waals surface area contributed by atoms with Gasteiger partial charge in [0.2, 0.25) is 0 Å². The lowest BCUT2D eigenvalue weighted by Gasteiger charge is -2.14. The molecule has 0 saturated heterocycles. The monoisotopic (exact) mass is 422 g/mol. The van der Waals surface area contributed by atoms with Crippen LogP contribution in [-0.2, 0) is 0 Å². The van der Waals surface area contributed by atoms with Gasteiger partial charge in [0.15, 0.2) is 0 Å². The number of thiophene rings is 1. The lowest BCUT2D eigenvalue weighted by Crippen LogP contribution is -2.10. The van der Waals surface area contributed by atoms with Gasteiger partial charge < -0.3 is 10.7 Å². The number of nitrogens with zero attached hydrogens (tertiary/aromatic N) is 2. The molecule has 0 aliphatic carbocycles. The molecule has 3 aromatic rings. The van der Waals surface area contributed by atoms with Crippen LogP contribution in [0.2, 0.25) is 0 Å². The van der Waals surface area contributed by atoms with E-state index in [1.165, 1.54) is 51.4 Å². The fourth-order valence-corrected chi connectivity index (χ4v) is 4.37. The van der Waals surface area contributed by atoms with Crippen molar-refractivity contribution in [2.75, 3.05) is 0 Å². The third-order valence-electron chi connectivity index (χ3n) is 5.46. The van der Waals surface area contributed by atoms with Gasteiger partial charge in [0.1, 0.15) is 11.7 Å². The number of aromatic nitrogens is 2. The molecule has 0 fully saturated rings. The molecular formula is C25H34N4S. The molecule has 0 unspecified atom stereocenters. The zero-order chi connectivity index (χ0) is 21.2. The van der Waals surface area contributed by atoms with E-state index >= 15 is 0 Å². The van der Waals surface area contributed by atoms with E-state index in [2.05, 4.69) is 36.0 Å². The van der Waals surface area contributed by atoms with Gasteiger partial charge in [-0.3, -0.25) is 0 Å².